The molecule has 0 bridgehead atoms. The van der Waals surface area contributed by atoms with E-state index in [-0.39, 0.29) is 6.04 Å². The number of rotatable bonds is 5. The van der Waals surface area contributed by atoms with Crippen LogP contribution in [0.2, 0.25) is 0 Å². The van der Waals surface area contributed by atoms with E-state index in [4.69, 9.17) is 4.42 Å². The van der Waals surface area contributed by atoms with Crippen molar-refractivity contribution in [1.82, 2.24) is 10.2 Å². The van der Waals surface area contributed by atoms with Gasteiger partial charge in [-0.3, -0.25) is 0 Å². The van der Waals surface area contributed by atoms with Crippen LogP contribution in [0.4, 0.5) is 5.69 Å². The zero-order valence-electron chi connectivity index (χ0n) is 12.8. The zero-order chi connectivity index (χ0) is 15.4. The smallest absolute Gasteiger partial charge is 0.247 e. The van der Waals surface area contributed by atoms with Gasteiger partial charge >= 0.3 is 0 Å². The van der Waals surface area contributed by atoms with Crippen molar-refractivity contribution in [2.75, 3.05) is 5.32 Å². The summed E-state index contributed by atoms with van der Waals surface area (Å²) in [6.07, 6.45) is 1.04. The van der Waals surface area contributed by atoms with Gasteiger partial charge in [0.1, 0.15) is 6.04 Å². The highest BCUT2D eigenvalue weighted by atomic mass is 16.4. The summed E-state index contributed by atoms with van der Waals surface area (Å²) in [4.78, 5) is 0. The van der Waals surface area contributed by atoms with Gasteiger partial charge in [-0.15, -0.1) is 10.2 Å². The van der Waals surface area contributed by atoms with E-state index in [0.717, 1.165) is 17.7 Å². The van der Waals surface area contributed by atoms with Gasteiger partial charge < -0.3 is 9.73 Å². The molecule has 0 aliphatic rings. The number of aromatic nitrogens is 2. The molecule has 0 radical (unpaired) electrons. The predicted molar refractivity (Wildman–Crippen MR) is 87.6 cm³/mol. The lowest BCUT2D eigenvalue weighted by molar-refractivity contribution is 0.485. The first-order valence-electron chi connectivity index (χ1n) is 7.50. The fourth-order valence-electron chi connectivity index (χ4n) is 2.26. The molecule has 1 N–H and O–H groups in total. The molecule has 1 atom stereocenters. The van der Waals surface area contributed by atoms with Crippen LogP contribution in [0.15, 0.2) is 59.0 Å². The monoisotopic (exact) mass is 293 g/mol. The topological polar surface area (TPSA) is 51.0 Å². The van der Waals surface area contributed by atoms with Crippen LogP contribution in [0, 0.1) is 0 Å². The molecule has 2 aromatic carbocycles. The summed E-state index contributed by atoms with van der Waals surface area (Å²) in [5, 5.41) is 11.6. The van der Waals surface area contributed by atoms with E-state index in [2.05, 4.69) is 46.7 Å². The summed E-state index contributed by atoms with van der Waals surface area (Å²) in [7, 11) is 0. The largest absolute Gasteiger partial charge is 0.418 e. The van der Waals surface area contributed by atoms with E-state index in [9.17, 15) is 0 Å². The van der Waals surface area contributed by atoms with Gasteiger partial charge in [-0.05, 0) is 43.2 Å². The van der Waals surface area contributed by atoms with Gasteiger partial charge in [0.25, 0.3) is 0 Å². The van der Waals surface area contributed by atoms with E-state index in [1.807, 2.05) is 37.3 Å². The molecule has 112 valence electrons. The van der Waals surface area contributed by atoms with Crippen LogP contribution in [0.1, 0.15) is 31.3 Å². The molecular weight excluding hydrogens is 274 g/mol. The predicted octanol–water partition coefficient (Wildman–Crippen LogP) is 4.47. The molecule has 0 aliphatic carbocycles. The highest BCUT2D eigenvalue weighted by molar-refractivity contribution is 5.52. The van der Waals surface area contributed by atoms with Gasteiger partial charge in [-0.2, -0.15) is 0 Å². The Morgan fingerprint density at radius 3 is 2.41 bits per heavy atom. The maximum absolute atomic E-state index is 5.76. The van der Waals surface area contributed by atoms with E-state index < -0.39 is 0 Å². The van der Waals surface area contributed by atoms with Crippen LogP contribution in [0.5, 0.6) is 0 Å². The number of anilines is 1. The van der Waals surface area contributed by atoms with Crippen molar-refractivity contribution >= 4 is 5.69 Å². The number of benzene rings is 2. The highest BCUT2D eigenvalue weighted by Gasteiger charge is 2.14. The van der Waals surface area contributed by atoms with E-state index in [1.165, 1.54) is 5.56 Å². The number of hydrogen-bond donors (Lipinski definition) is 1. The van der Waals surface area contributed by atoms with Crippen LogP contribution < -0.4 is 5.32 Å². The molecule has 0 saturated heterocycles. The summed E-state index contributed by atoms with van der Waals surface area (Å²) >= 11 is 0. The van der Waals surface area contributed by atoms with Crippen LogP contribution >= 0.6 is 0 Å². The third-order valence-electron chi connectivity index (χ3n) is 3.58. The second kappa shape index (κ2) is 6.43. The van der Waals surface area contributed by atoms with Crippen LogP contribution in [0.25, 0.3) is 11.5 Å². The average molecular weight is 293 g/mol. The fourth-order valence-corrected chi connectivity index (χ4v) is 2.26. The summed E-state index contributed by atoms with van der Waals surface area (Å²) < 4.78 is 5.76. The Kier molecular flexibility index (Phi) is 4.19. The first-order chi connectivity index (χ1) is 10.8. The number of nitrogens with one attached hydrogen (secondary N) is 1. The second-order valence-electron chi connectivity index (χ2n) is 5.23. The van der Waals surface area contributed by atoms with Gasteiger partial charge in [0.2, 0.25) is 11.8 Å². The fraction of sp³-hybridized carbons (Fsp3) is 0.222. The van der Waals surface area contributed by atoms with Gasteiger partial charge in [0.05, 0.1) is 0 Å². The maximum atomic E-state index is 5.76. The minimum Gasteiger partial charge on any atom is -0.418 e. The van der Waals surface area contributed by atoms with Crippen molar-refractivity contribution in [1.29, 1.82) is 0 Å². The van der Waals surface area contributed by atoms with Crippen LogP contribution in [-0.4, -0.2) is 10.2 Å². The lowest BCUT2D eigenvalue weighted by Gasteiger charge is -2.11. The molecule has 4 nitrogen and oxygen atoms in total. The van der Waals surface area contributed by atoms with Crippen molar-refractivity contribution in [3.05, 3.63) is 66.1 Å². The molecular formula is C18H19N3O. The first kappa shape index (κ1) is 14.3. The number of nitrogens with zero attached hydrogens (tertiary/aromatic N) is 2. The molecule has 0 unspecified atom stereocenters. The van der Waals surface area contributed by atoms with Gasteiger partial charge in [-0.1, -0.05) is 37.3 Å². The average Bonchev–Trinajstić information content (AvgIpc) is 3.06. The van der Waals surface area contributed by atoms with Crippen molar-refractivity contribution in [3.63, 3.8) is 0 Å². The first-order valence-corrected chi connectivity index (χ1v) is 7.50. The Morgan fingerprint density at radius 2 is 1.73 bits per heavy atom. The van der Waals surface area contributed by atoms with Gasteiger partial charge in [0, 0.05) is 11.3 Å². The maximum Gasteiger partial charge on any atom is 0.247 e. The highest BCUT2D eigenvalue weighted by Crippen LogP contribution is 2.23. The Labute approximate surface area is 130 Å². The number of hydrogen-bond acceptors (Lipinski definition) is 4. The third kappa shape index (κ3) is 3.17. The van der Waals surface area contributed by atoms with Crippen molar-refractivity contribution in [2.24, 2.45) is 0 Å². The molecule has 0 fully saturated rings. The summed E-state index contributed by atoms with van der Waals surface area (Å²) in [5.41, 5.74) is 3.30. The summed E-state index contributed by atoms with van der Waals surface area (Å²) in [6, 6.07) is 18.1. The minimum atomic E-state index is -0.0440. The van der Waals surface area contributed by atoms with Crippen LogP contribution in [0.3, 0.4) is 0 Å². The Balaban J connectivity index is 1.72. The van der Waals surface area contributed by atoms with E-state index >= 15 is 0 Å². The molecule has 22 heavy (non-hydrogen) atoms. The quantitative estimate of drug-likeness (QED) is 0.754. The molecule has 0 spiro atoms. The lowest BCUT2D eigenvalue weighted by atomic mass is 10.1. The summed E-state index contributed by atoms with van der Waals surface area (Å²) in [6.45, 7) is 4.16. The number of aryl methyl sites for hydroxylation is 1. The van der Waals surface area contributed by atoms with E-state index in [0.29, 0.717) is 11.8 Å². The third-order valence-corrected chi connectivity index (χ3v) is 3.58. The van der Waals surface area contributed by atoms with Crippen molar-refractivity contribution in [3.8, 4) is 11.5 Å². The lowest BCUT2D eigenvalue weighted by Crippen LogP contribution is -2.06. The summed E-state index contributed by atoms with van der Waals surface area (Å²) in [5.74, 6) is 1.13. The molecule has 3 rings (SSSR count). The Hall–Kier alpha value is -2.62. The normalized spacial score (nSPS) is 12.1. The van der Waals surface area contributed by atoms with Gasteiger partial charge in [0.15, 0.2) is 0 Å². The minimum absolute atomic E-state index is 0.0440. The molecule has 1 aromatic heterocycles. The second-order valence-corrected chi connectivity index (χ2v) is 5.23. The van der Waals surface area contributed by atoms with Crippen molar-refractivity contribution in [2.45, 2.75) is 26.3 Å². The van der Waals surface area contributed by atoms with Crippen molar-refractivity contribution < 1.29 is 4.42 Å². The molecule has 0 amide bonds. The molecule has 1 heterocycles. The molecule has 3 aromatic rings. The molecule has 0 aliphatic heterocycles. The van der Waals surface area contributed by atoms with Crippen LogP contribution in [-0.2, 0) is 6.42 Å². The standard InChI is InChI=1S/C18H19N3O/c1-3-14-9-11-16(12-10-14)19-13(2)17-20-21-18(22-17)15-7-5-4-6-8-15/h4-13,19H,3H2,1-2H3/t13-/m1/s1. The molecule has 4 heteroatoms. The van der Waals surface area contributed by atoms with Gasteiger partial charge in [-0.25, -0.2) is 0 Å². The SMILES string of the molecule is CCc1ccc(N[C@H](C)c2nnc(-c3ccccc3)o2)cc1. The zero-order valence-corrected chi connectivity index (χ0v) is 12.8. The molecule has 0 saturated carbocycles. The van der Waals surface area contributed by atoms with E-state index in [1.54, 1.807) is 0 Å². The Bertz CT molecular complexity index is 720. The Morgan fingerprint density at radius 1 is 1.00 bits per heavy atom.